The van der Waals surface area contributed by atoms with E-state index in [1.54, 1.807) is 15.8 Å². The molecule has 0 fully saturated rings. The molecule has 0 atom stereocenters. The van der Waals surface area contributed by atoms with Crippen LogP contribution in [0.25, 0.3) is 0 Å². The molecule has 0 unspecified atom stereocenters. The van der Waals surface area contributed by atoms with Gasteiger partial charge >= 0.3 is 5.97 Å². The number of benzene rings is 2. The number of carboxylic acid groups (broad SMARTS) is 1. The van der Waals surface area contributed by atoms with Gasteiger partial charge in [0, 0.05) is 24.6 Å². The van der Waals surface area contributed by atoms with Gasteiger partial charge in [0.1, 0.15) is 5.82 Å². The Labute approximate surface area is 181 Å². The molecule has 0 spiro atoms. The van der Waals surface area contributed by atoms with Gasteiger partial charge in [-0.05, 0) is 61.6 Å². The normalized spacial score (nSPS) is 12.5. The molecule has 2 heterocycles. The zero-order chi connectivity index (χ0) is 22.0. The van der Waals surface area contributed by atoms with E-state index >= 15 is 0 Å². The number of anilines is 3. The Morgan fingerprint density at radius 1 is 1.16 bits per heavy atom. The second-order valence-electron chi connectivity index (χ2n) is 7.92. The molecule has 7 heteroatoms. The zero-order valence-corrected chi connectivity index (χ0v) is 17.8. The second kappa shape index (κ2) is 8.63. The van der Waals surface area contributed by atoms with Gasteiger partial charge in [-0.1, -0.05) is 18.2 Å². The van der Waals surface area contributed by atoms with Crippen molar-refractivity contribution in [3.63, 3.8) is 0 Å². The van der Waals surface area contributed by atoms with Gasteiger partial charge in [0.2, 0.25) is 0 Å². The fraction of sp³-hybridized carbons (Fsp3) is 0.292. The number of aromatic nitrogens is 2. The van der Waals surface area contributed by atoms with Gasteiger partial charge in [0.05, 0.1) is 24.1 Å². The van der Waals surface area contributed by atoms with Crippen molar-refractivity contribution in [3.05, 3.63) is 70.9 Å². The van der Waals surface area contributed by atoms with Crippen LogP contribution in [0.2, 0.25) is 0 Å². The fourth-order valence-electron chi connectivity index (χ4n) is 4.00. The van der Waals surface area contributed by atoms with Crippen LogP contribution in [0.4, 0.5) is 17.2 Å². The summed E-state index contributed by atoms with van der Waals surface area (Å²) in [6.45, 7) is 2.43. The number of aliphatic carboxylic acids is 1. The van der Waals surface area contributed by atoms with Gasteiger partial charge in [-0.25, -0.2) is 0 Å². The highest BCUT2D eigenvalue weighted by Gasteiger charge is 2.26. The minimum atomic E-state index is -0.762. The van der Waals surface area contributed by atoms with E-state index in [1.165, 1.54) is 0 Å². The molecule has 1 aliphatic heterocycles. The van der Waals surface area contributed by atoms with Crippen LogP contribution in [0.3, 0.4) is 0 Å². The van der Waals surface area contributed by atoms with Gasteiger partial charge < -0.3 is 15.3 Å². The lowest BCUT2D eigenvalue weighted by molar-refractivity contribution is -0.137. The monoisotopic (exact) mass is 418 g/mol. The topological polar surface area (TPSA) is 87.5 Å². The van der Waals surface area contributed by atoms with E-state index in [-0.39, 0.29) is 12.3 Å². The Bertz CT molecular complexity index is 1140. The van der Waals surface area contributed by atoms with Crippen LogP contribution in [-0.4, -0.2) is 26.8 Å². The number of amides is 1. The molecule has 4 rings (SSSR count). The molecule has 0 aliphatic carbocycles. The molecule has 160 valence electrons. The Morgan fingerprint density at radius 3 is 2.74 bits per heavy atom. The first kappa shape index (κ1) is 20.7. The van der Waals surface area contributed by atoms with Crippen LogP contribution in [0.1, 0.15) is 46.3 Å². The van der Waals surface area contributed by atoms with E-state index in [0.717, 1.165) is 46.7 Å². The molecule has 7 nitrogen and oxygen atoms in total. The third-order valence-electron chi connectivity index (χ3n) is 5.71. The molecule has 1 amide bonds. The summed E-state index contributed by atoms with van der Waals surface area (Å²) >= 11 is 0. The van der Waals surface area contributed by atoms with Crippen molar-refractivity contribution in [2.45, 2.75) is 39.2 Å². The Kier molecular flexibility index (Phi) is 5.75. The number of aryl methyl sites for hydroxylation is 3. The zero-order valence-electron chi connectivity index (χ0n) is 17.8. The maximum atomic E-state index is 13.5. The number of carbonyl (C=O) groups excluding carboxylic acids is 1. The summed E-state index contributed by atoms with van der Waals surface area (Å²) in [5.41, 5.74) is 5.48. The molecule has 1 aromatic heterocycles. The first-order valence-corrected chi connectivity index (χ1v) is 10.4. The summed E-state index contributed by atoms with van der Waals surface area (Å²) in [6, 6.07) is 13.6. The van der Waals surface area contributed by atoms with Crippen LogP contribution in [0.15, 0.2) is 48.7 Å². The highest BCUT2D eigenvalue weighted by atomic mass is 16.4. The Hall–Kier alpha value is -3.61. The average molecular weight is 418 g/mol. The molecule has 3 aromatic rings. The predicted molar refractivity (Wildman–Crippen MR) is 120 cm³/mol. The number of carbonyl (C=O) groups is 2. The van der Waals surface area contributed by atoms with Gasteiger partial charge in [-0.15, -0.1) is 0 Å². The van der Waals surface area contributed by atoms with Crippen LogP contribution in [0.5, 0.6) is 0 Å². The SMILES string of the molecule is Cc1cc(C(=O)N2Cc3cnn(C)c3Nc3ccccc32)ccc1CCCCC(=O)O. The number of fused-ring (bicyclic) bond motifs is 2. The first-order chi connectivity index (χ1) is 14.9. The minimum absolute atomic E-state index is 0.0634. The summed E-state index contributed by atoms with van der Waals surface area (Å²) in [7, 11) is 1.88. The lowest BCUT2D eigenvalue weighted by Gasteiger charge is -2.23. The third-order valence-corrected chi connectivity index (χ3v) is 5.71. The van der Waals surface area contributed by atoms with Gasteiger partial charge in [0.15, 0.2) is 0 Å². The number of nitrogens with zero attached hydrogens (tertiary/aromatic N) is 3. The lowest BCUT2D eigenvalue weighted by Crippen LogP contribution is -2.30. The summed E-state index contributed by atoms with van der Waals surface area (Å²) in [6.07, 6.45) is 4.26. The largest absolute Gasteiger partial charge is 0.481 e. The molecule has 0 saturated carbocycles. The smallest absolute Gasteiger partial charge is 0.303 e. The van der Waals surface area contributed by atoms with Gasteiger partial charge in [-0.3, -0.25) is 14.3 Å². The standard InChI is InChI=1S/C24H26N4O3/c1-16-13-18(12-11-17(16)7-3-6-10-22(29)30)24(31)28-15-19-14-25-27(2)23(19)26-20-8-4-5-9-21(20)28/h4-5,8-9,11-14,26H,3,6-7,10,15H2,1-2H3,(H,29,30). The average Bonchev–Trinajstić information content (AvgIpc) is 3.00. The molecule has 0 saturated heterocycles. The Balaban J connectivity index is 1.58. The van der Waals surface area contributed by atoms with Crippen molar-refractivity contribution in [3.8, 4) is 0 Å². The van der Waals surface area contributed by atoms with Crippen molar-refractivity contribution >= 4 is 29.1 Å². The third kappa shape index (κ3) is 4.30. The Morgan fingerprint density at radius 2 is 1.97 bits per heavy atom. The number of rotatable bonds is 6. The molecular weight excluding hydrogens is 392 g/mol. The van der Waals surface area contributed by atoms with E-state index < -0.39 is 5.97 Å². The van der Waals surface area contributed by atoms with Crippen molar-refractivity contribution in [1.29, 1.82) is 0 Å². The highest BCUT2D eigenvalue weighted by molar-refractivity contribution is 6.08. The summed E-state index contributed by atoms with van der Waals surface area (Å²) < 4.78 is 1.78. The molecule has 0 radical (unpaired) electrons. The van der Waals surface area contributed by atoms with Crippen LogP contribution in [-0.2, 0) is 24.8 Å². The molecule has 0 bridgehead atoms. The fourth-order valence-corrected chi connectivity index (χ4v) is 4.00. The van der Waals surface area contributed by atoms with Gasteiger partial charge in [0.25, 0.3) is 5.91 Å². The molecule has 31 heavy (non-hydrogen) atoms. The number of hydrogen-bond donors (Lipinski definition) is 2. The van der Waals surface area contributed by atoms with Gasteiger partial charge in [-0.2, -0.15) is 5.10 Å². The maximum absolute atomic E-state index is 13.5. The molecular formula is C24H26N4O3. The molecule has 2 aromatic carbocycles. The van der Waals surface area contributed by atoms with Crippen molar-refractivity contribution in [1.82, 2.24) is 9.78 Å². The van der Waals surface area contributed by atoms with Crippen molar-refractivity contribution < 1.29 is 14.7 Å². The maximum Gasteiger partial charge on any atom is 0.303 e. The minimum Gasteiger partial charge on any atom is -0.481 e. The van der Waals surface area contributed by atoms with E-state index in [0.29, 0.717) is 18.5 Å². The second-order valence-corrected chi connectivity index (χ2v) is 7.92. The number of unbranched alkanes of at least 4 members (excludes halogenated alkanes) is 1. The summed E-state index contributed by atoms with van der Waals surface area (Å²) in [5, 5.41) is 16.5. The summed E-state index contributed by atoms with van der Waals surface area (Å²) in [5.74, 6) is 0.0591. The van der Waals surface area contributed by atoms with Crippen molar-refractivity contribution in [2.24, 2.45) is 7.05 Å². The molecule has 2 N–H and O–H groups in total. The number of nitrogens with one attached hydrogen (secondary N) is 1. The summed E-state index contributed by atoms with van der Waals surface area (Å²) in [4.78, 5) is 26.0. The van der Waals surface area contributed by atoms with E-state index in [9.17, 15) is 9.59 Å². The van der Waals surface area contributed by atoms with Crippen LogP contribution in [0, 0.1) is 6.92 Å². The lowest BCUT2D eigenvalue weighted by atomic mass is 9.99. The molecule has 1 aliphatic rings. The van der Waals surface area contributed by atoms with E-state index in [4.69, 9.17) is 5.11 Å². The van der Waals surface area contributed by atoms with Crippen LogP contribution < -0.4 is 10.2 Å². The number of para-hydroxylation sites is 2. The number of carboxylic acids is 1. The van der Waals surface area contributed by atoms with Crippen LogP contribution >= 0.6 is 0 Å². The predicted octanol–water partition coefficient (Wildman–Crippen LogP) is 4.43. The quantitative estimate of drug-likeness (QED) is 0.578. The van der Waals surface area contributed by atoms with E-state index in [2.05, 4.69) is 10.4 Å². The van der Waals surface area contributed by atoms with E-state index in [1.807, 2.05) is 56.4 Å². The number of hydrogen-bond acceptors (Lipinski definition) is 4. The highest BCUT2D eigenvalue weighted by Crippen LogP contribution is 2.36. The first-order valence-electron chi connectivity index (χ1n) is 10.4. The van der Waals surface area contributed by atoms with Crippen molar-refractivity contribution in [2.75, 3.05) is 10.2 Å².